The summed E-state index contributed by atoms with van der Waals surface area (Å²) in [4.78, 5) is 88.0. The summed E-state index contributed by atoms with van der Waals surface area (Å²) in [6.07, 6.45) is 3.19. The number of hydrogen-bond donors (Lipinski definition) is 3. The van der Waals surface area contributed by atoms with Crippen molar-refractivity contribution in [2.24, 2.45) is 29.6 Å². The summed E-state index contributed by atoms with van der Waals surface area (Å²) in [5.74, 6) is -2.81. The van der Waals surface area contributed by atoms with Crippen molar-refractivity contribution in [3.05, 3.63) is 192 Å². The van der Waals surface area contributed by atoms with Crippen LogP contribution in [0.1, 0.15) is 221 Å². The van der Waals surface area contributed by atoms with E-state index in [4.69, 9.17) is 40.0 Å². The van der Waals surface area contributed by atoms with Gasteiger partial charge in [0.15, 0.2) is 20.2 Å². The molecule has 3 aliphatic carbocycles. The Bertz CT molecular complexity index is 4990. The van der Waals surface area contributed by atoms with Gasteiger partial charge < -0.3 is 58.4 Å². The van der Waals surface area contributed by atoms with Gasteiger partial charge in [0.1, 0.15) is 45.7 Å². The number of amides is 3. The van der Waals surface area contributed by atoms with Gasteiger partial charge in [-0.2, -0.15) is 26.3 Å². The Labute approximate surface area is 714 Å². The molecule has 6 aromatic carbocycles. The predicted octanol–water partition coefficient (Wildman–Crippen LogP) is 16.9. The Balaban J connectivity index is 0.000000137. The number of benzene rings is 6. The third-order valence-electron chi connectivity index (χ3n) is 28.1. The second-order valence-corrected chi connectivity index (χ2v) is 36.7. The standard InChI is InChI=1S/C32H34F6N2O5.C31H36ClFN2O5.C30H35FN2O5/c1-18-14-39(10-8-25(18)19-3-2-4-20(11-19)28(41)42)24-7-9-30(45-16-24,22-5-6-22)29(43)40-15-21-12-23(31(33,34)35)13-26(32(36,37)38)27(21)44-17-40;1-18-11-21-15-35(17-39-28(21)26(32)12-18)30(38)31(22-4-5-22)9-7-23(16-40-31)34-10-8-24(19(2)14-34)20-3-6-27(33)25(13-20)29(36)37;1-19-2-7-27-22(14-19)16-33(18-37-27)29(36)30(23-4-5-23)11-8-24(17-38-30)32-12-9-20(10-13-32)21-3-6-26(31)25(15-21)28(34)35/h2-4,11-13,18,22,24-25H,5-10,14-17H2,1H3,(H,41,42);3,6,11-13,19,22-24H,4-5,7-10,14-17H2,1-2H3,(H,36,37);2-3,6-7,14-15,20,23-24H,4-5,8-13,16-18H2,1H3,(H,34,35)/t18-,24+,25-,30-;19-,23+,24-,31-;24-,30+/m001/s1. The smallest absolute Gasteiger partial charge is 0.419 e. The number of piperidine rings is 3. The highest BCUT2D eigenvalue weighted by molar-refractivity contribution is 6.32. The minimum atomic E-state index is -5.07. The van der Waals surface area contributed by atoms with Gasteiger partial charge in [-0.1, -0.05) is 73.5 Å². The van der Waals surface area contributed by atoms with Crippen LogP contribution < -0.4 is 14.2 Å². The monoisotopic (exact) mass is 1730 g/mol. The highest BCUT2D eigenvalue weighted by Crippen LogP contribution is 2.54. The average Bonchev–Trinajstić information content (AvgIpc) is 1.69. The highest BCUT2D eigenvalue weighted by atomic mass is 35.5. The van der Waals surface area contributed by atoms with Gasteiger partial charge >= 0.3 is 30.3 Å². The normalized spacial score (nSPS) is 27.8. The first kappa shape index (κ1) is 87.5. The molecule has 6 aromatic rings. The lowest BCUT2D eigenvalue weighted by Gasteiger charge is -2.47. The molecule has 21 nitrogen and oxygen atoms in total. The molecular weight excluding hydrogens is 1630 g/mol. The maximum Gasteiger partial charge on any atom is 0.419 e. The largest absolute Gasteiger partial charge is 0.478 e. The molecule has 9 heterocycles. The second-order valence-electron chi connectivity index (χ2n) is 36.2. The number of fused-ring (bicyclic) bond motifs is 3. The van der Waals surface area contributed by atoms with E-state index < -0.39 is 94.8 Å². The number of nitrogens with zero attached hydrogens (tertiary/aromatic N) is 6. The Hall–Kier alpha value is -8.97. The molecule has 3 saturated carbocycles. The van der Waals surface area contributed by atoms with Crippen LogP contribution >= 0.6 is 11.6 Å². The van der Waals surface area contributed by atoms with Gasteiger partial charge in [-0.05, 0) is 273 Å². The fourth-order valence-electron chi connectivity index (χ4n) is 21.0. The Morgan fingerprint density at radius 2 is 0.894 bits per heavy atom. The fraction of sp³-hybridized carbons (Fsp3) is 0.548. The van der Waals surface area contributed by atoms with Gasteiger partial charge in [0.25, 0.3) is 17.7 Å². The fourth-order valence-corrected chi connectivity index (χ4v) is 21.4. The Morgan fingerprint density at radius 3 is 1.36 bits per heavy atom. The maximum absolute atomic E-state index is 14.0. The number of aryl methyl sites for hydroxylation is 2. The number of alkyl halides is 6. The summed E-state index contributed by atoms with van der Waals surface area (Å²) in [5, 5.41) is 28.6. The molecule has 0 aromatic heterocycles. The van der Waals surface area contributed by atoms with E-state index in [-0.39, 0.29) is 126 Å². The van der Waals surface area contributed by atoms with E-state index in [0.717, 1.165) is 167 Å². The predicted molar refractivity (Wildman–Crippen MR) is 435 cm³/mol. The third-order valence-corrected chi connectivity index (χ3v) is 28.4. The summed E-state index contributed by atoms with van der Waals surface area (Å²) in [6, 6.07) is 27.2. The van der Waals surface area contributed by atoms with Crippen molar-refractivity contribution in [3.63, 3.8) is 0 Å². The zero-order valence-electron chi connectivity index (χ0n) is 69.4. The molecule has 0 radical (unpaired) electrons. The van der Waals surface area contributed by atoms with E-state index in [9.17, 15) is 79.2 Å². The lowest BCUT2D eigenvalue weighted by atomic mass is 9.79. The van der Waals surface area contributed by atoms with Crippen LogP contribution in [0.15, 0.2) is 103 Å². The van der Waals surface area contributed by atoms with Gasteiger partial charge in [0.2, 0.25) is 0 Å². The molecule has 0 unspecified atom stereocenters. The number of hydrogen-bond acceptors (Lipinski definition) is 15. The van der Waals surface area contributed by atoms with Crippen LogP contribution in [-0.2, 0) is 60.6 Å². The number of carbonyl (C=O) groups is 6. The average molecular weight is 1730 g/mol. The molecule has 660 valence electrons. The van der Waals surface area contributed by atoms with E-state index in [1.165, 1.54) is 29.2 Å². The topological polar surface area (TPSA) is 238 Å². The van der Waals surface area contributed by atoms with E-state index in [1.807, 2.05) is 49.1 Å². The number of rotatable bonds is 15. The first-order chi connectivity index (χ1) is 58.7. The molecular formula is C93H105ClF8N6O15. The van der Waals surface area contributed by atoms with Crippen molar-refractivity contribution >= 4 is 47.2 Å². The molecule has 10 atom stereocenters. The molecule has 9 fully saturated rings. The molecule has 123 heavy (non-hydrogen) atoms. The molecule has 12 aliphatic rings. The van der Waals surface area contributed by atoms with Crippen LogP contribution in [0, 0.1) is 55.1 Å². The summed E-state index contributed by atoms with van der Waals surface area (Å²) in [5.41, 5.74) is 0.605. The van der Waals surface area contributed by atoms with Crippen LogP contribution in [0.5, 0.6) is 17.2 Å². The number of carbonyl (C=O) groups excluding carboxylic acids is 3. The minimum Gasteiger partial charge on any atom is -0.478 e. The van der Waals surface area contributed by atoms with Crippen molar-refractivity contribution in [1.82, 2.24) is 29.4 Å². The van der Waals surface area contributed by atoms with Gasteiger partial charge in [-0.25, -0.2) is 23.2 Å². The molecule has 18 rings (SSSR count). The lowest BCUT2D eigenvalue weighted by molar-refractivity contribution is -0.181. The van der Waals surface area contributed by atoms with Crippen LogP contribution in [0.2, 0.25) is 5.02 Å². The number of likely N-dealkylation sites (tertiary alicyclic amines) is 3. The van der Waals surface area contributed by atoms with Crippen LogP contribution in [-0.4, -0.2) is 195 Å². The zero-order chi connectivity index (χ0) is 86.9. The number of carboxylic acid groups (broad SMARTS) is 3. The number of carboxylic acids is 3. The first-order valence-electron chi connectivity index (χ1n) is 43.2. The lowest BCUT2D eigenvalue weighted by Crippen LogP contribution is -2.59. The van der Waals surface area contributed by atoms with Crippen LogP contribution in [0.4, 0.5) is 35.1 Å². The van der Waals surface area contributed by atoms with E-state index >= 15 is 0 Å². The molecule has 3 amide bonds. The molecule has 0 spiro atoms. The van der Waals surface area contributed by atoms with E-state index in [1.54, 1.807) is 35.2 Å². The number of halogens is 9. The van der Waals surface area contributed by atoms with Crippen LogP contribution in [0.3, 0.4) is 0 Å². The van der Waals surface area contributed by atoms with Crippen molar-refractivity contribution in [1.29, 1.82) is 0 Å². The minimum absolute atomic E-state index is 0.0225. The Morgan fingerprint density at radius 1 is 0.447 bits per heavy atom. The van der Waals surface area contributed by atoms with Gasteiger partial charge in [0.05, 0.1) is 72.3 Å². The number of ether oxygens (including phenoxy) is 6. The van der Waals surface area contributed by atoms with Crippen molar-refractivity contribution in [2.45, 2.75) is 215 Å². The van der Waals surface area contributed by atoms with Gasteiger partial charge in [-0.3, -0.25) is 29.1 Å². The summed E-state index contributed by atoms with van der Waals surface area (Å²) >= 11 is 6.38. The molecule has 6 saturated heterocycles. The first-order valence-corrected chi connectivity index (χ1v) is 43.5. The second kappa shape index (κ2) is 35.1. The Kier molecular flexibility index (Phi) is 25.0. The van der Waals surface area contributed by atoms with Crippen LogP contribution in [0.25, 0.3) is 0 Å². The van der Waals surface area contributed by atoms with E-state index in [0.29, 0.717) is 62.4 Å². The SMILES string of the molecule is C[C@H]1CN([C@@H]2CC[C@@](C(=O)N3COc4c(cc(C(F)(F)F)cc4C(F)(F)F)C3)(C3CC3)OC2)CC[C@@H]1c1cccc(C(=O)O)c1.Cc1cc(Cl)c2c(c1)CN(C(=O)[C@@]1(C3CC3)CC[C@@H](N3CC[C@H](c4ccc(F)c(C(=O)O)c4)[C@@H](C)C3)CO1)CO2.Cc1ccc2c(c1)CN(C(=O)[C@@]1(C3CC3)CC[C@@H](N3CCC(c4ccc(F)c(C(=O)O)c4)CC3)CO1)CO2. The number of aromatic carboxylic acids is 3. The molecule has 30 heteroatoms. The van der Waals surface area contributed by atoms with Gasteiger partial charge in [0, 0.05) is 47.9 Å². The molecule has 9 aliphatic heterocycles. The quantitative estimate of drug-likeness (QED) is 0.0810. The van der Waals surface area contributed by atoms with Crippen molar-refractivity contribution in [3.8, 4) is 17.2 Å². The summed E-state index contributed by atoms with van der Waals surface area (Å²) in [7, 11) is 0. The highest BCUT2D eigenvalue weighted by Gasteiger charge is 2.60. The van der Waals surface area contributed by atoms with Gasteiger partial charge in [-0.15, -0.1) is 0 Å². The van der Waals surface area contributed by atoms with Crippen molar-refractivity contribution < 1.29 is 108 Å². The van der Waals surface area contributed by atoms with E-state index in [2.05, 4.69) is 34.6 Å². The summed E-state index contributed by atoms with van der Waals surface area (Å²) < 4.78 is 146. The molecule has 3 N–H and O–H groups in total. The summed E-state index contributed by atoms with van der Waals surface area (Å²) in [6.45, 7) is 15.1. The zero-order valence-corrected chi connectivity index (χ0v) is 70.2. The third kappa shape index (κ3) is 18.3. The maximum atomic E-state index is 14.0. The molecule has 0 bridgehead atoms. The van der Waals surface area contributed by atoms with Crippen molar-refractivity contribution in [2.75, 3.05) is 79.3 Å².